The number of methoxy groups -OCH3 is 1. The predicted molar refractivity (Wildman–Crippen MR) is 106 cm³/mol. The summed E-state index contributed by atoms with van der Waals surface area (Å²) in [5.41, 5.74) is 3.40. The average molecular weight is 362 g/mol. The van der Waals surface area contributed by atoms with E-state index in [2.05, 4.69) is 5.32 Å². The van der Waals surface area contributed by atoms with E-state index in [1.165, 1.54) is 13.2 Å². The molecular formula is C21H20BFN2O2. The summed E-state index contributed by atoms with van der Waals surface area (Å²) < 4.78 is 18.9. The SMILES string of the molecule is [B]c1ccc2nc(-c3ccc(F)c(OC)c3)c(CC(=O)NC(C)C)cc2c1. The molecular weight excluding hydrogens is 342 g/mol. The van der Waals surface area contributed by atoms with Gasteiger partial charge in [-0.25, -0.2) is 9.37 Å². The molecule has 4 nitrogen and oxygen atoms in total. The number of amides is 1. The summed E-state index contributed by atoms with van der Waals surface area (Å²) >= 11 is 0. The number of carbonyl (C=O) groups is 1. The smallest absolute Gasteiger partial charge is 0.224 e. The summed E-state index contributed by atoms with van der Waals surface area (Å²) in [7, 11) is 7.29. The number of carbonyl (C=O) groups excluding carboxylic acids is 1. The summed E-state index contributed by atoms with van der Waals surface area (Å²) in [5.74, 6) is -0.427. The third-order valence-corrected chi connectivity index (χ3v) is 4.14. The van der Waals surface area contributed by atoms with Crippen LogP contribution in [0.5, 0.6) is 5.75 Å². The van der Waals surface area contributed by atoms with Crippen molar-refractivity contribution >= 4 is 30.1 Å². The van der Waals surface area contributed by atoms with Crippen molar-refractivity contribution in [1.29, 1.82) is 0 Å². The fraction of sp³-hybridized carbons (Fsp3) is 0.238. The highest BCUT2D eigenvalue weighted by molar-refractivity contribution is 6.33. The van der Waals surface area contributed by atoms with Crippen LogP contribution in [0.4, 0.5) is 4.39 Å². The van der Waals surface area contributed by atoms with Crippen molar-refractivity contribution in [1.82, 2.24) is 10.3 Å². The van der Waals surface area contributed by atoms with Crippen molar-refractivity contribution < 1.29 is 13.9 Å². The molecule has 3 rings (SSSR count). The Morgan fingerprint density at radius 3 is 2.70 bits per heavy atom. The van der Waals surface area contributed by atoms with E-state index in [0.29, 0.717) is 16.7 Å². The fourth-order valence-corrected chi connectivity index (χ4v) is 2.98. The molecule has 0 atom stereocenters. The number of fused-ring (bicyclic) bond motifs is 1. The molecule has 0 saturated heterocycles. The zero-order chi connectivity index (χ0) is 19.6. The first-order valence-electron chi connectivity index (χ1n) is 8.70. The van der Waals surface area contributed by atoms with Crippen molar-refractivity contribution in [2.75, 3.05) is 7.11 Å². The molecule has 2 radical (unpaired) electrons. The minimum atomic E-state index is -0.450. The lowest BCUT2D eigenvalue weighted by molar-refractivity contribution is -0.120. The van der Waals surface area contributed by atoms with Crippen molar-refractivity contribution in [3.8, 4) is 17.0 Å². The van der Waals surface area contributed by atoms with E-state index in [1.54, 1.807) is 18.2 Å². The molecule has 0 unspecified atom stereocenters. The van der Waals surface area contributed by atoms with Gasteiger partial charge in [0, 0.05) is 11.6 Å². The van der Waals surface area contributed by atoms with Crippen LogP contribution in [-0.4, -0.2) is 31.9 Å². The monoisotopic (exact) mass is 362 g/mol. The molecule has 27 heavy (non-hydrogen) atoms. The van der Waals surface area contributed by atoms with Gasteiger partial charge < -0.3 is 10.1 Å². The fourth-order valence-electron chi connectivity index (χ4n) is 2.98. The van der Waals surface area contributed by atoms with Gasteiger partial charge in [-0.3, -0.25) is 4.79 Å². The molecule has 0 aliphatic carbocycles. The average Bonchev–Trinajstić information content (AvgIpc) is 2.61. The lowest BCUT2D eigenvalue weighted by atomic mass is 9.93. The lowest BCUT2D eigenvalue weighted by Gasteiger charge is -2.14. The van der Waals surface area contributed by atoms with Crippen LogP contribution in [0.1, 0.15) is 19.4 Å². The summed E-state index contributed by atoms with van der Waals surface area (Å²) in [5, 5.41) is 3.73. The van der Waals surface area contributed by atoms with E-state index >= 15 is 0 Å². The van der Waals surface area contributed by atoms with E-state index in [9.17, 15) is 9.18 Å². The molecule has 0 bridgehead atoms. The zero-order valence-electron chi connectivity index (χ0n) is 15.5. The maximum Gasteiger partial charge on any atom is 0.224 e. The second-order valence-electron chi connectivity index (χ2n) is 6.70. The van der Waals surface area contributed by atoms with Crippen molar-refractivity contribution in [2.45, 2.75) is 26.3 Å². The Kier molecular flexibility index (Phi) is 5.45. The van der Waals surface area contributed by atoms with Crippen molar-refractivity contribution in [2.24, 2.45) is 0 Å². The largest absolute Gasteiger partial charge is 0.494 e. The van der Waals surface area contributed by atoms with Crippen LogP contribution in [0.2, 0.25) is 0 Å². The quantitative estimate of drug-likeness (QED) is 0.710. The van der Waals surface area contributed by atoms with Gasteiger partial charge in [0.15, 0.2) is 11.6 Å². The second-order valence-corrected chi connectivity index (χ2v) is 6.70. The summed E-state index contributed by atoms with van der Waals surface area (Å²) in [4.78, 5) is 17.0. The Balaban J connectivity index is 2.14. The Morgan fingerprint density at radius 1 is 1.22 bits per heavy atom. The maximum absolute atomic E-state index is 13.8. The van der Waals surface area contributed by atoms with Crippen LogP contribution in [-0.2, 0) is 11.2 Å². The topological polar surface area (TPSA) is 51.2 Å². The van der Waals surface area contributed by atoms with Gasteiger partial charge in [0.25, 0.3) is 0 Å². The minimum absolute atomic E-state index is 0.0379. The number of benzene rings is 2. The van der Waals surface area contributed by atoms with E-state index < -0.39 is 5.82 Å². The van der Waals surface area contributed by atoms with Crippen LogP contribution in [0, 0.1) is 5.82 Å². The van der Waals surface area contributed by atoms with Crippen LogP contribution in [0.3, 0.4) is 0 Å². The number of aromatic nitrogens is 1. The van der Waals surface area contributed by atoms with E-state index in [-0.39, 0.29) is 24.1 Å². The van der Waals surface area contributed by atoms with Crippen LogP contribution < -0.4 is 15.5 Å². The molecule has 3 aromatic rings. The molecule has 0 spiro atoms. The highest BCUT2D eigenvalue weighted by Gasteiger charge is 2.15. The minimum Gasteiger partial charge on any atom is -0.494 e. The first-order valence-corrected chi connectivity index (χ1v) is 8.70. The van der Waals surface area contributed by atoms with Crippen molar-refractivity contribution in [3.63, 3.8) is 0 Å². The molecule has 1 amide bonds. The molecule has 6 heteroatoms. The number of hydrogen-bond donors (Lipinski definition) is 1. The standard InChI is InChI=1S/C21H20BFN2O2/c1-12(2)24-20(26)11-15-8-14-9-16(22)5-7-18(14)25-21(15)13-4-6-17(23)19(10-13)27-3/h4-10,12H,11H2,1-3H3,(H,24,26). The third kappa shape index (κ3) is 4.27. The summed E-state index contributed by atoms with van der Waals surface area (Å²) in [6.07, 6.45) is 0.158. The van der Waals surface area contributed by atoms with Gasteiger partial charge >= 0.3 is 0 Å². The number of ether oxygens (including phenoxy) is 1. The second kappa shape index (κ2) is 7.78. The van der Waals surface area contributed by atoms with Crippen LogP contribution >= 0.6 is 0 Å². The highest BCUT2D eigenvalue weighted by Crippen LogP contribution is 2.30. The van der Waals surface area contributed by atoms with Crippen molar-refractivity contribution in [3.05, 3.63) is 53.8 Å². The first-order chi connectivity index (χ1) is 12.9. The summed E-state index contributed by atoms with van der Waals surface area (Å²) in [6.45, 7) is 3.81. The first kappa shape index (κ1) is 18.9. The van der Waals surface area contributed by atoms with Crippen LogP contribution in [0.15, 0.2) is 42.5 Å². The lowest BCUT2D eigenvalue weighted by Crippen LogP contribution is -2.31. The van der Waals surface area contributed by atoms with Gasteiger partial charge in [-0.05, 0) is 55.1 Å². The Labute approximate surface area is 159 Å². The van der Waals surface area contributed by atoms with Gasteiger partial charge in [-0.1, -0.05) is 17.6 Å². The Bertz CT molecular complexity index is 1000. The number of hydrogen-bond acceptors (Lipinski definition) is 3. The van der Waals surface area contributed by atoms with E-state index in [1.807, 2.05) is 32.0 Å². The molecule has 0 aliphatic heterocycles. The van der Waals surface area contributed by atoms with Gasteiger partial charge in [0.2, 0.25) is 5.91 Å². The molecule has 0 fully saturated rings. The zero-order valence-corrected chi connectivity index (χ0v) is 15.5. The van der Waals surface area contributed by atoms with E-state index in [0.717, 1.165) is 16.5 Å². The van der Waals surface area contributed by atoms with Gasteiger partial charge in [-0.15, -0.1) is 0 Å². The summed E-state index contributed by atoms with van der Waals surface area (Å²) in [6, 6.07) is 11.9. The molecule has 0 saturated carbocycles. The maximum atomic E-state index is 13.8. The number of pyridine rings is 1. The van der Waals surface area contributed by atoms with E-state index in [4.69, 9.17) is 17.6 Å². The number of nitrogens with one attached hydrogen (secondary N) is 1. The highest BCUT2D eigenvalue weighted by atomic mass is 19.1. The predicted octanol–water partition coefficient (Wildman–Crippen LogP) is 2.91. The van der Waals surface area contributed by atoms with Gasteiger partial charge in [-0.2, -0.15) is 0 Å². The Morgan fingerprint density at radius 2 is 2.00 bits per heavy atom. The number of halogens is 1. The molecule has 1 heterocycles. The number of rotatable bonds is 5. The third-order valence-electron chi connectivity index (χ3n) is 4.14. The molecule has 136 valence electrons. The normalized spacial score (nSPS) is 11.0. The van der Waals surface area contributed by atoms with Crippen LogP contribution in [0.25, 0.3) is 22.2 Å². The number of nitrogens with zero attached hydrogens (tertiary/aromatic N) is 1. The molecule has 0 aliphatic rings. The molecule has 1 aromatic heterocycles. The van der Waals surface area contributed by atoms with Gasteiger partial charge in [0.05, 0.1) is 24.7 Å². The van der Waals surface area contributed by atoms with Gasteiger partial charge in [0.1, 0.15) is 7.85 Å². The molecule has 1 N–H and O–H groups in total. The Hall–Kier alpha value is -2.89. The molecule has 2 aromatic carbocycles.